The first-order valence-corrected chi connectivity index (χ1v) is 12.7. The first-order valence-electron chi connectivity index (χ1n) is 11.9. The van der Waals surface area contributed by atoms with Crippen molar-refractivity contribution in [3.05, 3.63) is 90.2 Å². The molecule has 0 radical (unpaired) electrons. The lowest BCUT2D eigenvalue weighted by atomic mass is 10.1. The number of aromatic nitrogens is 6. The highest BCUT2D eigenvalue weighted by atomic mass is 32.1. The van der Waals surface area contributed by atoms with Crippen LogP contribution in [0.4, 0.5) is 17.5 Å². The number of ether oxygens (including phenoxy) is 1. The minimum atomic E-state index is 0.457. The molecule has 10 heteroatoms. The molecular weight excluding hydrogens is 496 g/mol. The SMILES string of the molecule is CNc1nccc(-c2cccnc2Oc2ccc(Nc3nnc(-c4ncc(C)s4)c4ccccc34)cc2)n1. The second-order valence-electron chi connectivity index (χ2n) is 8.34. The van der Waals surface area contributed by atoms with E-state index < -0.39 is 0 Å². The summed E-state index contributed by atoms with van der Waals surface area (Å²) in [5.41, 5.74) is 3.12. The zero-order valence-electron chi connectivity index (χ0n) is 20.6. The van der Waals surface area contributed by atoms with E-state index in [2.05, 4.69) is 40.8 Å². The summed E-state index contributed by atoms with van der Waals surface area (Å²) < 4.78 is 6.13. The van der Waals surface area contributed by atoms with Gasteiger partial charge in [-0.05, 0) is 49.4 Å². The van der Waals surface area contributed by atoms with Crippen molar-refractivity contribution < 1.29 is 4.74 Å². The van der Waals surface area contributed by atoms with Gasteiger partial charge >= 0.3 is 0 Å². The number of benzene rings is 2. The fourth-order valence-electron chi connectivity index (χ4n) is 3.97. The molecule has 186 valence electrons. The molecule has 0 aliphatic heterocycles. The Hall–Kier alpha value is -4.96. The van der Waals surface area contributed by atoms with Crippen molar-refractivity contribution in [3.63, 3.8) is 0 Å². The minimum absolute atomic E-state index is 0.457. The summed E-state index contributed by atoms with van der Waals surface area (Å²) in [5, 5.41) is 18.1. The molecule has 2 N–H and O–H groups in total. The van der Waals surface area contributed by atoms with Gasteiger partial charge in [-0.3, -0.25) is 0 Å². The van der Waals surface area contributed by atoms with Crippen molar-refractivity contribution in [3.8, 4) is 33.6 Å². The summed E-state index contributed by atoms with van der Waals surface area (Å²) in [5.74, 6) is 2.29. The van der Waals surface area contributed by atoms with E-state index in [9.17, 15) is 0 Å². The normalized spacial score (nSPS) is 10.9. The van der Waals surface area contributed by atoms with E-state index in [1.807, 2.05) is 79.9 Å². The van der Waals surface area contributed by atoms with Gasteiger partial charge in [0.2, 0.25) is 11.8 Å². The molecule has 0 saturated heterocycles. The molecule has 9 nitrogen and oxygen atoms in total. The second kappa shape index (κ2) is 10.2. The molecule has 6 aromatic rings. The number of aryl methyl sites for hydroxylation is 1. The Morgan fingerprint density at radius 3 is 2.45 bits per heavy atom. The fourth-order valence-corrected chi connectivity index (χ4v) is 4.73. The lowest BCUT2D eigenvalue weighted by molar-refractivity contribution is 0.465. The van der Waals surface area contributed by atoms with E-state index in [0.29, 0.717) is 29.1 Å². The third-order valence-corrected chi connectivity index (χ3v) is 6.69. The fraction of sp³-hybridized carbons (Fsp3) is 0.0714. The van der Waals surface area contributed by atoms with Gasteiger partial charge in [0, 0.05) is 47.0 Å². The zero-order chi connectivity index (χ0) is 25.9. The third-order valence-electron chi connectivity index (χ3n) is 5.77. The van der Waals surface area contributed by atoms with Crippen molar-refractivity contribution in [2.75, 3.05) is 17.7 Å². The number of rotatable bonds is 7. The van der Waals surface area contributed by atoms with Gasteiger partial charge in [0.15, 0.2) is 5.82 Å². The molecule has 4 heterocycles. The van der Waals surface area contributed by atoms with Gasteiger partial charge in [-0.1, -0.05) is 24.3 Å². The van der Waals surface area contributed by atoms with Crippen LogP contribution >= 0.6 is 11.3 Å². The maximum Gasteiger partial charge on any atom is 0.228 e. The van der Waals surface area contributed by atoms with Crippen LogP contribution in [0, 0.1) is 6.92 Å². The highest BCUT2D eigenvalue weighted by Gasteiger charge is 2.14. The number of nitrogens with one attached hydrogen (secondary N) is 2. The van der Waals surface area contributed by atoms with Crippen molar-refractivity contribution in [1.29, 1.82) is 0 Å². The molecule has 0 atom stereocenters. The van der Waals surface area contributed by atoms with Crippen molar-refractivity contribution in [1.82, 2.24) is 30.1 Å². The van der Waals surface area contributed by atoms with Crippen LogP contribution in [0.3, 0.4) is 0 Å². The number of hydrogen-bond acceptors (Lipinski definition) is 10. The van der Waals surface area contributed by atoms with Crippen LogP contribution in [-0.2, 0) is 0 Å². The predicted octanol–water partition coefficient (Wildman–Crippen LogP) is 6.49. The molecule has 0 aliphatic rings. The van der Waals surface area contributed by atoms with E-state index in [4.69, 9.17) is 4.74 Å². The summed E-state index contributed by atoms with van der Waals surface area (Å²) in [6.07, 6.45) is 5.24. The zero-order valence-corrected chi connectivity index (χ0v) is 21.4. The van der Waals surface area contributed by atoms with Crippen LogP contribution in [0.2, 0.25) is 0 Å². The summed E-state index contributed by atoms with van der Waals surface area (Å²) in [6.45, 7) is 2.03. The van der Waals surface area contributed by atoms with Crippen LogP contribution in [0.5, 0.6) is 11.6 Å². The Morgan fingerprint density at radius 2 is 1.66 bits per heavy atom. The Labute approximate surface area is 222 Å². The number of pyridine rings is 1. The lowest BCUT2D eigenvalue weighted by Crippen LogP contribution is -1.99. The van der Waals surface area contributed by atoms with Gasteiger partial charge in [-0.15, -0.1) is 21.5 Å². The molecule has 0 aliphatic carbocycles. The summed E-state index contributed by atoms with van der Waals surface area (Å²) >= 11 is 1.61. The smallest absolute Gasteiger partial charge is 0.228 e. The molecule has 6 rings (SSSR count). The van der Waals surface area contributed by atoms with E-state index in [1.54, 1.807) is 30.8 Å². The van der Waals surface area contributed by atoms with Crippen LogP contribution in [-0.4, -0.2) is 37.2 Å². The first kappa shape index (κ1) is 23.4. The molecule has 0 fully saturated rings. The van der Waals surface area contributed by atoms with Gasteiger partial charge in [0.05, 0.1) is 11.3 Å². The largest absolute Gasteiger partial charge is 0.438 e. The van der Waals surface area contributed by atoms with Gasteiger partial charge in [-0.2, -0.15) is 0 Å². The van der Waals surface area contributed by atoms with Crippen molar-refractivity contribution in [2.24, 2.45) is 0 Å². The first-order chi connectivity index (χ1) is 18.7. The number of anilines is 3. The Morgan fingerprint density at radius 1 is 0.816 bits per heavy atom. The van der Waals surface area contributed by atoms with Gasteiger partial charge in [0.1, 0.15) is 16.5 Å². The summed E-state index contributed by atoms with van der Waals surface area (Å²) in [7, 11) is 1.78. The average molecular weight is 519 g/mol. The molecule has 38 heavy (non-hydrogen) atoms. The molecule has 0 amide bonds. The molecule has 0 bridgehead atoms. The van der Waals surface area contributed by atoms with E-state index in [-0.39, 0.29) is 0 Å². The third kappa shape index (κ3) is 4.72. The van der Waals surface area contributed by atoms with Crippen molar-refractivity contribution in [2.45, 2.75) is 6.92 Å². The molecule has 4 aromatic heterocycles. The molecular formula is C28H22N8OS. The number of thiazole rings is 1. The van der Waals surface area contributed by atoms with Crippen LogP contribution in [0.15, 0.2) is 85.3 Å². The van der Waals surface area contributed by atoms with E-state index >= 15 is 0 Å². The topological polar surface area (TPSA) is 111 Å². The van der Waals surface area contributed by atoms with Crippen LogP contribution in [0.1, 0.15) is 4.88 Å². The quantitative estimate of drug-likeness (QED) is 0.245. The Bertz CT molecular complexity index is 1740. The molecule has 0 unspecified atom stereocenters. The molecule has 0 spiro atoms. The van der Waals surface area contributed by atoms with Crippen molar-refractivity contribution >= 4 is 39.6 Å². The highest BCUT2D eigenvalue weighted by Crippen LogP contribution is 2.34. The van der Waals surface area contributed by atoms with E-state index in [0.717, 1.165) is 37.6 Å². The number of nitrogens with zero attached hydrogens (tertiary/aromatic N) is 6. The Balaban J connectivity index is 1.25. The van der Waals surface area contributed by atoms with Gasteiger partial charge < -0.3 is 15.4 Å². The van der Waals surface area contributed by atoms with Gasteiger partial charge in [0.25, 0.3) is 0 Å². The Kier molecular flexibility index (Phi) is 6.29. The van der Waals surface area contributed by atoms with Crippen LogP contribution < -0.4 is 15.4 Å². The lowest BCUT2D eigenvalue weighted by Gasteiger charge is -2.12. The number of hydrogen-bond donors (Lipinski definition) is 2. The molecule has 2 aromatic carbocycles. The number of fused-ring (bicyclic) bond motifs is 1. The second-order valence-corrected chi connectivity index (χ2v) is 9.58. The van der Waals surface area contributed by atoms with Crippen LogP contribution in [0.25, 0.3) is 32.7 Å². The molecule has 0 saturated carbocycles. The monoisotopic (exact) mass is 518 g/mol. The van der Waals surface area contributed by atoms with E-state index in [1.165, 1.54) is 0 Å². The minimum Gasteiger partial charge on any atom is -0.438 e. The highest BCUT2D eigenvalue weighted by molar-refractivity contribution is 7.15. The maximum absolute atomic E-state index is 6.13. The maximum atomic E-state index is 6.13. The summed E-state index contributed by atoms with van der Waals surface area (Å²) in [6, 6.07) is 21.3. The van der Waals surface area contributed by atoms with Gasteiger partial charge in [-0.25, -0.2) is 19.9 Å². The average Bonchev–Trinajstić information content (AvgIpc) is 3.40. The standard InChI is InChI=1S/C28H22N8OS/c1-17-16-32-27(38-17)24-20-6-3-4-7-21(20)25(36-35-24)33-18-9-11-19(12-10-18)37-26-22(8-5-14-30-26)23-13-15-31-28(29-2)34-23/h3-16H,1-2H3,(H,33,36)(H,29,31,34). The predicted molar refractivity (Wildman–Crippen MR) is 150 cm³/mol. The summed E-state index contributed by atoms with van der Waals surface area (Å²) in [4.78, 5) is 18.7.